The third kappa shape index (κ3) is 2.89. The molecule has 0 bridgehead atoms. The molecule has 0 spiro atoms. The monoisotopic (exact) mass is 247 g/mol. The number of phenols is 1. The van der Waals surface area contributed by atoms with E-state index in [-0.39, 0.29) is 11.3 Å². The first-order chi connectivity index (χ1) is 8.66. The second-order valence-corrected chi connectivity index (χ2v) is 3.84. The third-order valence-corrected chi connectivity index (χ3v) is 2.51. The molecular weight excluding hydrogens is 234 g/mol. The van der Waals surface area contributed by atoms with Crippen LogP contribution in [-0.4, -0.2) is 16.2 Å². The van der Waals surface area contributed by atoms with Crippen LogP contribution in [0.5, 0.6) is 5.75 Å². The molecule has 0 saturated carbocycles. The molecule has 2 rings (SSSR count). The van der Waals surface area contributed by atoms with Crippen molar-refractivity contribution in [2.24, 2.45) is 0 Å². The normalized spacial score (nSPS) is 10.4. The molecule has 18 heavy (non-hydrogen) atoms. The second kappa shape index (κ2) is 5.37. The van der Waals surface area contributed by atoms with Crippen LogP contribution >= 0.6 is 0 Å². The Kier molecular flexibility index (Phi) is 3.64. The lowest BCUT2D eigenvalue weighted by Crippen LogP contribution is -2.12. The Morgan fingerprint density at radius 2 is 2.06 bits per heavy atom. The van der Waals surface area contributed by atoms with E-state index in [2.05, 4.69) is 5.32 Å². The van der Waals surface area contributed by atoms with Crippen molar-refractivity contribution in [3.8, 4) is 5.75 Å². The molecule has 0 unspecified atom stereocenters. The molecule has 0 radical (unpaired) electrons. The molecule has 1 aromatic carbocycles. The molecule has 0 atom stereocenters. The number of aromatic hydroxyl groups is 1. The van der Waals surface area contributed by atoms with Gasteiger partial charge in [0.25, 0.3) is 0 Å². The molecule has 94 valence electrons. The highest BCUT2D eigenvalue weighted by molar-refractivity contribution is 5.87. The van der Waals surface area contributed by atoms with Gasteiger partial charge in [0, 0.05) is 12.1 Å². The van der Waals surface area contributed by atoms with Crippen molar-refractivity contribution in [1.82, 2.24) is 5.32 Å². The summed E-state index contributed by atoms with van der Waals surface area (Å²) in [6, 6.07) is 8.50. The van der Waals surface area contributed by atoms with Gasteiger partial charge < -0.3 is 19.9 Å². The number of hydrogen-bond acceptors (Lipinski definition) is 4. The first kappa shape index (κ1) is 12.2. The molecule has 1 heterocycles. The van der Waals surface area contributed by atoms with E-state index in [0.29, 0.717) is 18.8 Å². The van der Waals surface area contributed by atoms with E-state index in [0.717, 1.165) is 5.56 Å². The van der Waals surface area contributed by atoms with Gasteiger partial charge in [-0.1, -0.05) is 18.2 Å². The second-order valence-electron chi connectivity index (χ2n) is 3.84. The maximum atomic E-state index is 10.6. The van der Waals surface area contributed by atoms with Gasteiger partial charge >= 0.3 is 5.97 Å². The van der Waals surface area contributed by atoms with Crippen molar-refractivity contribution in [3.05, 3.63) is 53.5 Å². The fourth-order valence-electron chi connectivity index (χ4n) is 1.57. The van der Waals surface area contributed by atoms with Crippen molar-refractivity contribution in [2.45, 2.75) is 13.1 Å². The standard InChI is InChI=1S/C13H13NO4/c15-12-4-2-1-3-9(12)6-14-7-11-5-10(8-18-11)13(16)17/h1-5,8,14-15H,6-7H2,(H,16,17). The van der Waals surface area contributed by atoms with E-state index in [1.54, 1.807) is 12.1 Å². The first-order valence-corrected chi connectivity index (χ1v) is 5.45. The fraction of sp³-hybridized carbons (Fsp3) is 0.154. The minimum Gasteiger partial charge on any atom is -0.508 e. The van der Waals surface area contributed by atoms with Gasteiger partial charge in [-0.05, 0) is 12.1 Å². The summed E-state index contributed by atoms with van der Waals surface area (Å²) in [4.78, 5) is 10.6. The Morgan fingerprint density at radius 1 is 1.28 bits per heavy atom. The number of benzene rings is 1. The third-order valence-electron chi connectivity index (χ3n) is 2.51. The predicted octanol–water partition coefficient (Wildman–Crippen LogP) is 1.97. The van der Waals surface area contributed by atoms with Crippen LogP contribution in [0, 0.1) is 0 Å². The van der Waals surface area contributed by atoms with Gasteiger partial charge in [-0.2, -0.15) is 0 Å². The molecule has 5 heteroatoms. The summed E-state index contributed by atoms with van der Waals surface area (Å²) in [6.45, 7) is 0.886. The van der Waals surface area contributed by atoms with Crippen LogP contribution in [0.3, 0.4) is 0 Å². The Balaban J connectivity index is 1.88. The first-order valence-electron chi connectivity index (χ1n) is 5.45. The Labute approximate surface area is 104 Å². The average Bonchev–Trinajstić information content (AvgIpc) is 2.80. The molecule has 5 nitrogen and oxygen atoms in total. The Hall–Kier alpha value is -2.27. The van der Waals surface area contributed by atoms with Crippen molar-refractivity contribution in [2.75, 3.05) is 0 Å². The summed E-state index contributed by atoms with van der Waals surface area (Å²) in [5, 5.41) is 21.3. The van der Waals surface area contributed by atoms with Crippen LogP contribution in [0.2, 0.25) is 0 Å². The van der Waals surface area contributed by atoms with Crippen LogP contribution in [0.25, 0.3) is 0 Å². The van der Waals surface area contributed by atoms with Gasteiger partial charge in [0.15, 0.2) is 0 Å². The minimum atomic E-state index is -1.01. The molecule has 1 aromatic heterocycles. The summed E-state index contributed by atoms with van der Waals surface area (Å²) in [7, 11) is 0. The largest absolute Gasteiger partial charge is 0.508 e. The van der Waals surface area contributed by atoms with Gasteiger partial charge in [-0.15, -0.1) is 0 Å². The zero-order chi connectivity index (χ0) is 13.0. The van der Waals surface area contributed by atoms with Crippen LogP contribution in [0.4, 0.5) is 0 Å². The fourth-order valence-corrected chi connectivity index (χ4v) is 1.57. The SMILES string of the molecule is O=C(O)c1coc(CNCc2ccccc2O)c1. The number of nitrogens with one attached hydrogen (secondary N) is 1. The van der Waals surface area contributed by atoms with Crippen molar-refractivity contribution < 1.29 is 19.4 Å². The van der Waals surface area contributed by atoms with Gasteiger partial charge in [0.2, 0.25) is 0 Å². The van der Waals surface area contributed by atoms with Crippen molar-refractivity contribution >= 4 is 5.97 Å². The maximum Gasteiger partial charge on any atom is 0.338 e. The summed E-state index contributed by atoms with van der Waals surface area (Å²) >= 11 is 0. The van der Waals surface area contributed by atoms with Gasteiger partial charge in [0.1, 0.15) is 17.8 Å². The maximum absolute atomic E-state index is 10.6. The number of carboxylic acid groups (broad SMARTS) is 1. The van der Waals surface area contributed by atoms with E-state index in [9.17, 15) is 9.90 Å². The molecule has 2 aromatic rings. The zero-order valence-corrected chi connectivity index (χ0v) is 9.59. The number of hydrogen-bond donors (Lipinski definition) is 3. The van der Waals surface area contributed by atoms with E-state index in [1.807, 2.05) is 12.1 Å². The molecule has 3 N–H and O–H groups in total. The predicted molar refractivity (Wildman–Crippen MR) is 64.3 cm³/mol. The van der Waals surface area contributed by atoms with Crippen LogP contribution in [0.15, 0.2) is 41.0 Å². The summed E-state index contributed by atoms with van der Waals surface area (Å²) in [5.74, 6) is -0.232. The van der Waals surface area contributed by atoms with E-state index >= 15 is 0 Å². The number of aromatic carboxylic acids is 1. The smallest absolute Gasteiger partial charge is 0.338 e. The lowest BCUT2D eigenvalue weighted by molar-refractivity contribution is 0.0696. The Morgan fingerprint density at radius 3 is 2.72 bits per heavy atom. The highest BCUT2D eigenvalue weighted by Gasteiger charge is 2.07. The number of carbonyl (C=O) groups is 1. The van der Waals surface area contributed by atoms with Gasteiger partial charge in [0.05, 0.1) is 12.1 Å². The summed E-state index contributed by atoms with van der Waals surface area (Å²) in [6.07, 6.45) is 1.21. The lowest BCUT2D eigenvalue weighted by atomic mass is 10.2. The Bertz CT molecular complexity index is 547. The lowest BCUT2D eigenvalue weighted by Gasteiger charge is -2.04. The highest BCUT2D eigenvalue weighted by Crippen LogP contribution is 2.15. The molecule has 0 saturated heterocycles. The minimum absolute atomic E-state index is 0.134. The number of carboxylic acids is 1. The molecule has 0 aliphatic heterocycles. The zero-order valence-electron chi connectivity index (χ0n) is 9.59. The van der Waals surface area contributed by atoms with Gasteiger partial charge in [-0.3, -0.25) is 0 Å². The van der Waals surface area contributed by atoms with Crippen molar-refractivity contribution in [3.63, 3.8) is 0 Å². The number of para-hydroxylation sites is 1. The molecule has 0 fully saturated rings. The van der Waals surface area contributed by atoms with Crippen LogP contribution in [0.1, 0.15) is 21.7 Å². The summed E-state index contributed by atoms with van der Waals surface area (Å²) < 4.78 is 5.09. The molecular formula is C13H13NO4. The molecule has 0 aliphatic carbocycles. The van der Waals surface area contributed by atoms with Crippen LogP contribution in [-0.2, 0) is 13.1 Å². The van der Waals surface area contributed by atoms with E-state index in [4.69, 9.17) is 9.52 Å². The number of furan rings is 1. The topological polar surface area (TPSA) is 82.7 Å². The highest BCUT2D eigenvalue weighted by atomic mass is 16.4. The summed E-state index contributed by atoms with van der Waals surface area (Å²) in [5.41, 5.74) is 0.914. The van der Waals surface area contributed by atoms with E-state index < -0.39 is 5.97 Å². The van der Waals surface area contributed by atoms with Crippen molar-refractivity contribution in [1.29, 1.82) is 0 Å². The van der Waals surface area contributed by atoms with E-state index in [1.165, 1.54) is 12.3 Å². The number of phenolic OH excluding ortho intramolecular Hbond substituents is 1. The quantitative estimate of drug-likeness (QED) is 0.752. The van der Waals surface area contributed by atoms with Crippen LogP contribution < -0.4 is 5.32 Å². The average molecular weight is 247 g/mol. The van der Waals surface area contributed by atoms with Gasteiger partial charge in [-0.25, -0.2) is 4.79 Å². The number of rotatable bonds is 5. The molecule has 0 aliphatic rings. The molecule has 0 amide bonds.